The van der Waals surface area contributed by atoms with Gasteiger partial charge in [-0.1, -0.05) is 42.5 Å². The fourth-order valence-corrected chi connectivity index (χ4v) is 3.16. The van der Waals surface area contributed by atoms with Crippen LogP contribution in [0.5, 0.6) is 11.5 Å². The first kappa shape index (κ1) is 22.8. The number of benzene rings is 2. The molecule has 2 aromatic carbocycles. The first-order valence-corrected chi connectivity index (χ1v) is 8.83. The Kier molecular flexibility index (Phi) is 7.75. The maximum absolute atomic E-state index is 12.5. The molecule has 1 saturated heterocycles. The summed E-state index contributed by atoms with van der Waals surface area (Å²) in [4.78, 5) is 14.1. The van der Waals surface area contributed by atoms with Gasteiger partial charge in [0.25, 0.3) is 5.91 Å². The average molecular weight is 431 g/mol. The van der Waals surface area contributed by atoms with Crippen LogP contribution in [-0.2, 0) is 4.79 Å². The lowest BCUT2D eigenvalue weighted by molar-refractivity contribution is -0.153. The number of carbonyl (C=O) groups excluding carboxylic acids is 1. The summed E-state index contributed by atoms with van der Waals surface area (Å²) < 4.78 is 47.3. The van der Waals surface area contributed by atoms with E-state index in [2.05, 4.69) is 0 Å². The van der Waals surface area contributed by atoms with Crippen LogP contribution in [0, 0.1) is 0 Å². The van der Waals surface area contributed by atoms with Crippen molar-refractivity contribution < 1.29 is 27.4 Å². The number of nitrogens with two attached hydrogens (primary N) is 1. The molecule has 0 unspecified atom stereocenters. The number of hydrogen-bond donors (Lipinski definition) is 1. The van der Waals surface area contributed by atoms with E-state index in [9.17, 15) is 18.0 Å². The minimum atomic E-state index is -4.46. The van der Waals surface area contributed by atoms with Crippen molar-refractivity contribution in [1.82, 2.24) is 4.90 Å². The van der Waals surface area contributed by atoms with Crippen LogP contribution in [0.2, 0.25) is 0 Å². The molecule has 2 atom stereocenters. The van der Waals surface area contributed by atoms with Crippen LogP contribution in [0.25, 0.3) is 0 Å². The molecular weight excluding hydrogens is 409 g/mol. The molecule has 1 heterocycles. The van der Waals surface area contributed by atoms with Gasteiger partial charge in [0.05, 0.1) is 0 Å². The highest BCUT2D eigenvalue weighted by Gasteiger charge is 2.34. The summed E-state index contributed by atoms with van der Waals surface area (Å²) >= 11 is 0. The van der Waals surface area contributed by atoms with Gasteiger partial charge in [-0.2, -0.15) is 13.2 Å². The van der Waals surface area contributed by atoms with Crippen molar-refractivity contribution in [2.45, 2.75) is 18.1 Å². The van der Waals surface area contributed by atoms with Crippen molar-refractivity contribution in [3.05, 3.63) is 60.2 Å². The number of alkyl halides is 3. The second-order valence-electron chi connectivity index (χ2n) is 6.62. The molecule has 29 heavy (non-hydrogen) atoms. The molecule has 1 aliphatic rings. The standard InChI is InChI=1S/C20H21F3N2O3.ClH/c21-20(22,23)13-28-18-9-5-4-8-17(18)27-12-19(26)25-10-15(16(24)11-25)14-6-2-1-3-7-14;/h1-9,15-16H,10-13,24H2;1H/t15-,16+;/m0./s1. The van der Waals surface area contributed by atoms with Crippen LogP contribution >= 0.6 is 12.4 Å². The predicted molar refractivity (Wildman–Crippen MR) is 104 cm³/mol. The number of nitrogens with zero attached hydrogens (tertiary/aromatic N) is 1. The van der Waals surface area contributed by atoms with Crippen LogP contribution in [0.4, 0.5) is 13.2 Å². The van der Waals surface area contributed by atoms with Gasteiger partial charge in [0.1, 0.15) is 0 Å². The van der Waals surface area contributed by atoms with E-state index in [1.54, 1.807) is 11.0 Å². The van der Waals surface area contributed by atoms with Gasteiger partial charge in [-0.25, -0.2) is 0 Å². The summed E-state index contributed by atoms with van der Waals surface area (Å²) in [7, 11) is 0. The minimum Gasteiger partial charge on any atom is -0.480 e. The first-order valence-electron chi connectivity index (χ1n) is 8.83. The van der Waals surface area contributed by atoms with Crippen LogP contribution < -0.4 is 15.2 Å². The van der Waals surface area contributed by atoms with E-state index in [1.807, 2.05) is 30.3 Å². The molecule has 2 N–H and O–H groups in total. The van der Waals surface area contributed by atoms with Crippen molar-refractivity contribution >= 4 is 18.3 Å². The number of amides is 1. The maximum Gasteiger partial charge on any atom is 0.422 e. The molecule has 9 heteroatoms. The normalized spacial score (nSPS) is 18.8. The van der Waals surface area contributed by atoms with Gasteiger partial charge in [-0.15, -0.1) is 12.4 Å². The van der Waals surface area contributed by atoms with Gasteiger partial charge in [0.15, 0.2) is 24.7 Å². The van der Waals surface area contributed by atoms with Gasteiger partial charge in [-0.05, 0) is 17.7 Å². The zero-order chi connectivity index (χ0) is 20.1. The third-order valence-corrected chi connectivity index (χ3v) is 4.54. The summed E-state index contributed by atoms with van der Waals surface area (Å²) in [6, 6.07) is 15.5. The molecule has 5 nitrogen and oxygen atoms in total. The molecule has 0 spiro atoms. The van der Waals surface area contributed by atoms with Crippen LogP contribution in [0.15, 0.2) is 54.6 Å². The molecule has 1 fully saturated rings. The summed E-state index contributed by atoms with van der Waals surface area (Å²) in [5.41, 5.74) is 7.26. The van der Waals surface area contributed by atoms with Crippen molar-refractivity contribution in [2.75, 3.05) is 26.3 Å². The van der Waals surface area contributed by atoms with Gasteiger partial charge in [0.2, 0.25) is 0 Å². The molecule has 0 aromatic heterocycles. The maximum atomic E-state index is 12.5. The molecule has 158 valence electrons. The van der Waals surface area contributed by atoms with E-state index in [-0.39, 0.29) is 48.4 Å². The number of rotatable bonds is 6. The SMILES string of the molecule is Cl.N[C@@H]1CN(C(=O)COc2ccccc2OCC(F)(F)F)C[C@H]1c1ccccc1. The second kappa shape index (κ2) is 9.84. The highest BCUT2D eigenvalue weighted by Crippen LogP contribution is 2.29. The van der Waals surface area contributed by atoms with Gasteiger partial charge >= 0.3 is 6.18 Å². The number of para-hydroxylation sites is 2. The minimum absolute atomic E-state index is 0. The lowest BCUT2D eigenvalue weighted by Gasteiger charge is -2.18. The Morgan fingerprint density at radius 3 is 2.21 bits per heavy atom. The van der Waals surface area contributed by atoms with Crippen molar-refractivity contribution in [2.24, 2.45) is 5.73 Å². The summed E-state index contributed by atoms with van der Waals surface area (Å²) in [5, 5.41) is 0. The van der Waals surface area contributed by atoms with Crippen LogP contribution in [0.1, 0.15) is 11.5 Å². The quantitative estimate of drug-likeness (QED) is 0.763. The van der Waals surface area contributed by atoms with E-state index in [1.165, 1.54) is 18.2 Å². The molecular formula is C20H22ClF3N2O3. The van der Waals surface area contributed by atoms with E-state index in [0.717, 1.165) is 5.56 Å². The Bertz CT molecular complexity index is 805. The number of carbonyl (C=O) groups is 1. The third-order valence-electron chi connectivity index (χ3n) is 4.54. The van der Waals surface area contributed by atoms with Gasteiger partial charge in [0, 0.05) is 25.0 Å². The van der Waals surface area contributed by atoms with Crippen molar-refractivity contribution in [1.29, 1.82) is 0 Å². The second-order valence-corrected chi connectivity index (χ2v) is 6.62. The average Bonchev–Trinajstić information content (AvgIpc) is 3.07. The zero-order valence-electron chi connectivity index (χ0n) is 15.5. The smallest absolute Gasteiger partial charge is 0.422 e. The van der Waals surface area contributed by atoms with Crippen LogP contribution in [0.3, 0.4) is 0 Å². The third kappa shape index (κ3) is 6.27. The van der Waals surface area contributed by atoms with Crippen LogP contribution in [-0.4, -0.2) is 49.3 Å². The first-order chi connectivity index (χ1) is 13.3. The predicted octanol–water partition coefficient (Wildman–Crippen LogP) is 3.38. The molecule has 0 radical (unpaired) electrons. The molecule has 3 rings (SSSR count). The highest BCUT2D eigenvalue weighted by atomic mass is 35.5. The fourth-order valence-electron chi connectivity index (χ4n) is 3.16. The highest BCUT2D eigenvalue weighted by molar-refractivity contribution is 5.85. The fraction of sp³-hybridized carbons (Fsp3) is 0.350. The Hall–Kier alpha value is -2.45. The summed E-state index contributed by atoms with van der Waals surface area (Å²) in [6.45, 7) is -0.866. The Labute approximate surface area is 173 Å². The van der Waals surface area contributed by atoms with E-state index < -0.39 is 12.8 Å². The Morgan fingerprint density at radius 1 is 1.00 bits per heavy atom. The zero-order valence-corrected chi connectivity index (χ0v) is 16.3. The lowest BCUT2D eigenvalue weighted by Crippen LogP contribution is -2.35. The van der Waals surface area contributed by atoms with E-state index in [4.69, 9.17) is 15.2 Å². The van der Waals surface area contributed by atoms with E-state index >= 15 is 0 Å². The topological polar surface area (TPSA) is 64.8 Å². The van der Waals surface area contributed by atoms with Gasteiger partial charge < -0.3 is 20.1 Å². The number of ether oxygens (including phenoxy) is 2. The lowest BCUT2D eigenvalue weighted by atomic mass is 9.95. The number of halogens is 4. The molecule has 2 aromatic rings. The monoisotopic (exact) mass is 430 g/mol. The Balaban J connectivity index is 0.00000300. The number of likely N-dealkylation sites (tertiary alicyclic amines) is 1. The van der Waals surface area contributed by atoms with Crippen molar-refractivity contribution in [3.8, 4) is 11.5 Å². The molecule has 0 bridgehead atoms. The Morgan fingerprint density at radius 2 is 1.59 bits per heavy atom. The molecule has 1 aliphatic heterocycles. The van der Waals surface area contributed by atoms with Crippen molar-refractivity contribution in [3.63, 3.8) is 0 Å². The summed E-state index contributed by atoms with van der Waals surface area (Å²) in [6.07, 6.45) is -4.46. The molecule has 1 amide bonds. The van der Waals surface area contributed by atoms with E-state index in [0.29, 0.717) is 13.1 Å². The van der Waals surface area contributed by atoms with Gasteiger partial charge in [-0.3, -0.25) is 4.79 Å². The molecule has 0 aliphatic carbocycles. The molecule has 0 saturated carbocycles. The number of hydrogen-bond acceptors (Lipinski definition) is 4. The summed E-state index contributed by atoms with van der Waals surface area (Å²) in [5.74, 6) is -0.219. The largest absolute Gasteiger partial charge is 0.480 e.